The van der Waals surface area contributed by atoms with Gasteiger partial charge in [0.15, 0.2) is 0 Å². The maximum absolute atomic E-state index is 12.8. The number of benzene rings is 1. The first-order valence-electron chi connectivity index (χ1n) is 10.2. The zero-order valence-electron chi connectivity index (χ0n) is 17.6. The monoisotopic (exact) mass is 443 g/mol. The second kappa shape index (κ2) is 9.98. The number of thioether (sulfide) groups is 1. The van der Waals surface area contributed by atoms with E-state index in [-0.39, 0.29) is 5.12 Å². The summed E-state index contributed by atoms with van der Waals surface area (Å²) >= 11 is 1.08. The minimum Gasteiger partial charge on any atom is -0.325 e. The molecule has 0 saturated carbocycles. The fourth-order valence-electron chi connectivity index (χ4n) is 3.28. The fourth-order valence-corrected chi connectivity index (χ4v) is 4.21. The van der Waals surface area contributed by atoms with Gasteiger partial charge in [0.05, 0.1) is 5.56 Å². The fraction of sp³-hybridized carbons (Fsp3) is 0.591. The normalized spacial score (nSPS) is 17.3. The number of likely N-dealkylation sites (tertiary alicyclic amines) is 1. The van der Waals surface area contributed by atoms with Crippen LogP contribution in [0.15, 0.2) is 24.3 Å². The number of nitrogens with zero attached hydrogens (tertiary/aromatic N) is 1. The third kappa shape index (κ3) is 6.09. The molecule has 0 bridgehead atoms. The summed E-state index contributed by atoms with van der Waals surface area (Å²) in [5.41, 5.74) is -0.864. The number of aryl methyl sites for hydroxylation is 1. The van der Waals surface area contributed by atoms with E-state index in [4.69, 9.17) is 0 Å². The van der Waals surface area contributed by atoms with Gasteiger partial charge in [-0.25, -0.2) is 0 Å². The smallest absolute Gasteiger partial charge is 0.325 e. The van der Waals surface area contributed by atoms with Crippen LogP contribution in [0.25, 0.3) is 0 Å². The molecular weight excluding hydrogens is 415 g/mol. The van der Waals surface area contributed by atoms with Gasteiger partial charge in [-0.05, 0) is 43.7 Å². The Balaban J connectivity index is 1.87. The van der Waals surface area contributed by atoms with Crippen molar-refractivity contribution in [3.8, 4) is 0 Å². The number of Topliss-reactive ketones (excluding diaryl/α,β-unsaturated/α-hetero) is 1. The lowest BCUT2D eigenvalue weighted by Gasteiger charge is -2.27. The lowest BCUT2D eigenvalue weighted by molar-refractivity contribution is -0.150. The lowest BCUT2D eigenvalue weighted by Crippen LogP contribution is -2.47. The van der Waals surface area contributed by atoms with Crippen molar-refractivity contribution >= 4 is 28.6 Å². The predicted octanol–water partition coefficient (Wildman–Crippen LogP) is 4.89. The number of carbonyl (C=O) groups excluding carboxylic acids is 3. The highest BCUT2D eigenvalue weighted by Gasteiger charge is 2.41. The Kier molecular flexibility index (Phi) is 8.13. The highest BCUT2D eigenvalue weighted by Crippen LogP contribution is 2.30. The van der Waals surface area contributed by atoms with Gasteiger partial charge in [-0.2, -0.15) is 13.2 Å². The second-order valence-corrected chi connectivity index (χ2v) is 9.29. The van der Waals surface area contributed by atoms with Gasteiger partial charge >= 0.3 is 6.18 Å². The van der Waals surface area contributed by atoms with Crippen LogP contribution in [0.2, 0.25) is 0 Å². The van der Waals surface area contributed by atoms with E-state index in [1.54, 1.807) is 19.9 Å². The van der Waals surface area contributed by atoms with Crippen LogP contribution in [0.3, 0.4) is 0 Å². The first kappa shape index (κ1) is 24.4. The molecule has 1 aromatic rings. The summed E-state index contributed by atoms with van der Waals surface area (Å²) in [6, 6.07) is 4.58. The molecule has 8 heteroatoms. The van der Waals surface area contributed by atoms with Crippen LogP contribution in [-0.2, 0) is 27.0 Å². The molecule has 1 heterocycles. The molecule has 2 rings (SSSR count). The maximum atomic E-state index is 12.8. The van der Waals surface area contributed by atoms with E-state index in [9.17, 15) is 27.6 Å². The van der Waals surface area contributed by atoms with Crippen molar-refractivity contribution in [2.75, 3.05) is 12.3 Å². The van der Waals surface area contributed by atoms with Gasteiger partial charge in [0.1, 0.15) is 6.04 Å². The second-order valence-electron chi connectivity index (χ2n) is 8.19. The predicted molar refractivity (Wildman–Crippen MR) is 111 cm³/mol. The van der Waals surface area contributed by atoms with E-state index in [1.165, 1.54) is 11.0 Å². The lowest BCUT2D eigenvalue weighted by atomic mass is 9.84. The van der Waals surface area contributed by atoms with Gasteiger partial charge in [0.25, 0.3) is 5.91 Å². The van der Waals surface area contributed by atoms with Crippen LogP contribution in [0.4, 0.5) is 13.2 Å². The molecule has 4 nitrogen and oxygen atoms in total. The van der Waals surface area contributed by atoms with Gasteiger partial charge in [-0.3, -0.25) is 14.4 Å². The number of hydrogen-bond donors (Lipinski definition) is 0. The third-order valence-electron chi connectivity index (χ3n) is 5.59. The molecule has 0 radical (unpaired) electrons. The Morgan fingerprint density at radius 2 is 1.90 bits per heavy atom. The van der Waals surface area contributed by atoms with Crippen LogP contribution in [0.5, 0.6) is 0 Å². The highest BCUT2D eigenvalue weighted by molar-refractivity contribution is 8.13. The minimum atomic E-state index is -4.37. The van der Waals surface area contributed by atoms with Gasteiger partial charge < -0.3 is 4.90 Å². The zero-order valence-corrected chi connectivity index (χ0v) is 18.4. The summed E-state index contributed by atoms with van der Waals surface area (Å²) in [4.78, 5) is 39.1. The van der Waals surface area contributed by atoms with Crippen molar-refractivity contribution in [3.05, 3.63) is 35.4 Å². The largest absolute Gasteiger partial charge is 0.416 e. The SMILES string of the molecule is CCC(C)(C)C(=O)C(=O)N1CCC[C@H]1C(=O)SCCCc1cccc(C(F)(F)F)c1. The number of amides is 1. The molecule has 30 heavy (non-hydrogen) atoms. The standard InChI is InChI=1S/C22H28F3NO3S/c1-4-21(2,3)18(27)19(28)26-12-6-11-17(26)20(29)30-13-7-9-15-8-5-10-16(14-15)22(23,24)25/h5,8,10,14,17H,4,6-7,9,11-13H2,1-3H3/t17-/m0/s1. The molecule has 1 saturated heterocycles. The molecule has 1 fully saturated rings. The molecule has 1 amide bonds. The van der Waals surface area contributed by atoms with Crippen molar-refractivity contribution in [2.45, 2.75) is 65.1 Å². The molecule has 1 atom stereocenters. The van der Waals surface area contributed by atoms with Gasteiger partial charge in [-0.15, -0.1) is 0 Å². The molecule has 0 aliphatic carbocycles. The third-order valence-corrected chi connectivity index (χ3v) is 6.64. The number of halogens is 3. The van der Waals surface area contributed by atoms with Crippen molar-refractivity contribution in [2.24, 2.45) is 5.41 Å². The zero-order chi connectivity index (χ0) is 22.5. The molecule has 1 aromatic carbocycles. The summed E-state index contributed by atoms with van der Waals surface area (Å²) in [6.07, 6.45) is -1.66. The van der Waals surface area contributed by atoms with E-state index in [1.807, 2.05) is 6.92 Å². The molecule has 1 aliphatic heterocycles. The van der Waals surface area contributed by atoms with Crippen molar-refractivity contribution in [1.29, 1.82) is 0 Å². The van der Waals surface area contributed by atoms with E-state index >= 15 is 0 Å². The molecule has 166 valence electrons. The number of ketones is 1. The summed E-state index contributed by atoms with van der Waals surface area (Å²) in [5, 5.41) is -0.160. The van der Waals surface area contributed by atoms with Crippen molar-refractivity contribution in [1.82, 2.24) is 4.90 Å². The molecule has 0 aromatic heterocycles. The summed E-state index contributed by atoms with van der Waals surface area (Å²) in [5.74, 6) is -0.622. The molecule has 0 spiro atoms. The summed E-state index contributed by atoms with van der Waals surface area (Å²) < 4.78 is 38.4. The van der Waals surface area contributed by atoms with E-state index < -0.39 is 34.9 Å². The maximum Gasteiger partial charge on any atom is 0.416 e. The van der Waals surface area contributed by atoms with Crippen molar-refractivity contribution < 1.29 is 27.6 Å². The van der Waals surface area contributed by atoms with Gasteiger partial charge in [0, 0.05) is 17.7 Å². The van der Waals surface area contributed by atoms with Gasteiger partial charge in [-0.1, -0.05) is 50.7 Å². The first-order chi connectivity index (χ1) is 14.0. The summed E-state index contributed by atoms with van der Waals surface area (Å²) in [7, 11) is 0. The van der Waals surface area contributed by atoms with E-state index in [0.29, 0.717) is 50.0 Å². The number of alkyl halides is 3. The molecule has 1 aliphatic rings. The van der Waals surface area contributed by atoms with E-state index in [0.717, 1.165) is 23.9 Å². The number of rotatable bonds is 8. The van der Waals surface area contributed by atoms with Crippen LogP contribution in [0.1, 0.15) is 57.6 Å². The van der Waals surface area contributed by atoms with Crippen LogP contribution in [-0.4, -0.2) is 40.0 Å². The molecule has 0 N–H and O–H groups in total. The Morgan fingerprint density at radius 1 is 1.20 bits per heavy atom. The van der Waals surface area contributed by atoms with E-state index in [2.05, 4.69) is 0 Å². The van der Waals surface area contributed by atoms with Crippen LogP contribution in [0, 0.1) is 5.41 Å². The Bertz CT molecular complexity index is 792. The van der Waals surface area contributed by atoms with Crippen molar-refractivity contribution in [3.63, 3.8) is 0 Å². The van der Waals surface area contributed by atoms with Crippen LogP contribution < -0.4 is 0 Å². The molecule has 0 unspecified atom stereocenters. The van der Waals surface area contributed by atoms with Crippen LogP contribution >= 0.6 is 11.8 Å². The topological polar surface area (TPSA) is 54.5 Å². The number of carbonyl (C=O) groups is 3. The van der Waals surface area contributed by atoms with Gasteiger partial charge in [0.2, 0.25) is 10.9 Å². The Hall–Kier alpha value is -1.83. The highest BCUT2D eigenvalue weighted by atomic mass is 32.2. The Labute approximate surface area is 179 Å². The summed E-state index contributed by atoms with van der Waals surface area (Å²) in [6.45, 7) is 5.69. The Morgan fingerprint density at radius 3 is 2.53 bits per heavy atom. The quantitative estimate of drug-likeness (QED) is 0.424. The average Bonchev–Trinajstić information content (AvgIpc) is 3.19. The average molecular weight is 444 g/mol. The number of hydrogen-bond acceptors (Lipinski definition) is 4. The molecular formula is C22H28F3NO3S. The minimum absolute atomic E-state index is 0.160. The first-order valence-corrected chi connectivity index (χ1v) is 11.1.